The highest BCUT2D eigenvalue weighted by Crippen LogP contribution is 2.34. The topological polar surface area (TPSA) is 88.8 Å². The summed E-state index contributed by atoms with van der Waals surface area (Å²) in [5.41, 5.74) is 1.75. The molecule has 2 amide bonds. The third-order valence-electron chi connectivity index (χ3n) is 5.10. The first-order valence-electron chi connectivity index (χ1n) is 9.80. The minimum Gasteiger partial charge on any atom is -0.490 e. The van der Waals surface area contributed by atoms with Gasteiger partial charge in [-0.05, 0) is 36.8 Å². The number of carbonyl (C=O) groups excluding carboxylic acids is 2. The number of carbonyl (C=O) groups is 2. The molecule has 0 unspecified atom stereocenters. The number of hydrogen-bond donors (Lipinski definition) is 1. The number of aromatic nitrogens is 2. The van der Waals surface area contributed by atoms with Gasteiger partial charge in [0.25, 0.3) is 11.8 Å². The Morgan fingerprint density at radius 2 is 2.12 bits per heavy atom. The van der Waals surface area contributed by atoms with E-state index in [2.05, 4.69) is 20.1 Å². The minimum atomic E-state index is -1.04. The number of aryl methyl sites for hydroxylation is 1. The fraction of sp³-hybridized carbons (Fsp3) is 0.174. The fourth-order valence-electron chi connectivity index (χ4n) is 3.37. The van der Waals surface area contributed by atoms with E-state index in [-0.39, 0.29) is 28.7 Å². The van der Waals surface area contributed by atoms with Crippen molar-refractivity contribution >= 4 is 34.8 Å². The van der Waals surface area contributed by atoms with Crippen LogP contribution in [-0.4, -0.2) is 41.5 Å². The van der Waals surface area contributed by atoms with Crippen LogP contribution in [0.2, 0.25) is 5.02 Å². The smallest absolute Gasteiger partial charge is 0.289 e. The van der Waals surface area contributed by atoms with Crippen LogP contribution >= 0.6 is 11.6 Å². The van der Waals surface area contributed by atoms with Crippen LogP contribution in [0.25, 0.3) is 16.1 Å². The summed E-state index contributed by atoms with van der Waals surface area (Å²) in [6, 6.07) is 8.23. The molecule has 0 aliphatic carbocycles. The highest BCUT2D eigenvalue weighted by molar-refractivity contribution is 6.33. The van der Waals surface area contributed by atoms with Gasteiger partial charge in [0.05, 0.1) is 29.2 Å². The van der Waals surface area contributed by atoms with Gasteiger partial charge in [-0.15, -0.1) is 0 Å². The first-order chi connectivity index (χ1) is 15.8. The fourth-order valence-corrected chi connectivity index (χ4v) is 3.56. The number of nitrogens with zero attached hydrogens (tertiary/aromatic N) is 4. The summed E-state index contributed by atoms with van der Waals surface area (Å²) in [5, 5.41) is 2.64. The largest absolute Gasteiger partial charge is 0.490 e. The van der Waals surface area contributed by atoms with Gasteiger partial charge >= 0.3 is 0 Å². The average Bonchev–Trinajstić information content (AvgIpc) is 2.91. The summed E-state index contributed by atoms with van der Waals surface area (Å²) in [6.07, 6.45) is 1.21. The van der Waals surface area contributed by atoms with Crippen molar-refractivity contribution in [1.29, 1.82) is 0 Å². The molecule has 0 fully saturated rings. The number of likely N-dealkylation sites (N-methyl/N-ethyl adjacent to an activating group) is 1. The van der Waals surface area contributed by atoms with Gasteiger partial charge in [0.2, 0.25) is 5.82 Å². The number of halogens is 2. The lowest BCUT2D eigenvalue weighted by Gasteiger charge is -2.20. The average molecular weight is 466 g/mol. The lowest BCUT2D eigenvalue weighted by molar-refractivity contribution is -0.120. The number of amides is 2. The van der Waals surface area contributed by atoms with Gasteiger partial charge in [-0.1, -0.05) is 23.7 Å². The van der Waals surface area contributed by atoms with Crippen LogP contribution in [0.1, 0.15) is 16.2 Å². The summed E-state index contributed by atoms with van der Waals surface area (Å²) in [5.74, 6) is -1.62. The molecule has 1 N–H and O–H groups in total. The first-order valence-corrected chi connectivity index (χ1v) is 10.2. The van der Waals surface area contributed by atoms with Crippen molar-refractivity contribution in [1.82, 2.24) is 15.3 Å². The Hall–Kier alpha value is -4.03. The minimum absolute atomic E-state index is 0.0638. The molecule has 8 nitrogen and oxygen atoms in total. The molecule has 4 rings (SSSR count). The Morgan fingerprint density at radius 1 is 1.33 bits per heavy atom. The number of ether oxygens (including phenoxy) is 1. The van der Waals surface area contributed by atoms with Crippen LogP contribution in [0.15, 0.2) is 42.6 Å². The van der Waals surface area contributed by atoms with Gasteiger partial charge in [0.15, 0.2) is 5.69 Å². The Labute approximate surface area is 193 Å². The Morgan fingerprint density at radius 3 is 2.85 bits per heavy atom. The molecule has 166 valence electrons. The van der Waals surface area contributed by atoms with Crippen LogP contribution in [0.3, 0.4) is 0 Å². The van der Waals surface area contributed by atoms with E-state index >= 15 is 0 Å². The van der Waals surface area contributed by atoms with Crippen LogP contribution in [0.4, 0.5) is 15.8 Å². The van der Waals surface area contributed by atoms with Crippen molar-refractivity contribution in [2.24, 2.45) is 0 Å². The zero-order valence-corrected chi connectivity index (χ0v) is 18.4. The molecule has 0 spiro atoms. The predicted octanol–water partition coefficient (Wildman–Crippen LogP) is 3.95. The summed E-state index contributed by atoms with van der Waals surface area (Å²) >= 11 is 6.15. The SMILES string of the molecule is [C-]#[N+]c1ccc2c(c1)OC[C@H](NC(=O)c1ncc(Cl)c(-c3ccc(C)cc3F)n1)C(=O)N2C. The highest BCUT2D eigenvalue weighted by atomic mass is 35.5. The molecular weight excluding hydrogens is 449 g/mol. The molecule has 1 aromatic heterocycles. The molecule has 1 aliphatic heterocycles. The van der Waals surface area contributed by atoms with Gasteiger partial charge in [-0.2, -0.15) is 0 Å². The molecule has 2 aromatic carbocycles. The van der Waals surface area contributed by atoms with Gasteiger partial charge < -0.3 is 15.0 Å². The Balaban J connectivity index is 1.58. The number of fused-ring (bicyclic) bond motifs is 1. The van der Waals surface area contributed by atoms with Crippen molar-refractivity contribution in [2.45, 2.75) is 13.0 Å². The van der Waals surface area contributed by atoms with E-state index < -0.39 is 23.7 Å². The maximum absolute atomic E-state index is 14.4. The molecule has 2 heterocycles. The van der Waals surface area contributed by atoms with E-state index in [4.69, 9.17) is 22.9 Å². The second-order valence-corrected chi connectivity index (χ2v) is 7.78. The number of hydrogen-bond acceptors (Lipinski definition) is 5. The second kappa shape index (κ2) is 8.84. The monoisotopic (exact) mass is 465 g/mol. The molecule has 0 saturated heterocycles. The maximum Gasteiger partial charge on any atom is 0.289 e. The second-order valence-electron chi connectivity index (χ2n) is 7.37. The molecule has 1 aliphatic rings. The maximum atomic E-state index is 14.4. The molecule has 3 aromatic rings. The van der Waals surface area contributed by atoms with Crippen molar-refractivity contribution in [3.63, 3.8) is 0 Å². The summed E-state index contributed by atoms with van der Waals surface area (Å²) in [7, 11) is 1.55. The molecule has 33 heavy (non-hydrogen) atoms. The summed E-state index contributed by atoms with van der Waals surface area (Å²) in [6.45, 7) is 8.73. The molecule has 1 atom stereocenters. The lowest BCUT2D eigenvalue weighted by atomic mass is 10.1. The number of rotatable bonds is 3. The van der Waals surface area contributed by atoms with E-state index in [0.29, 0.717) is 17.1 Å². The lowest BCUT2D eigenvalue weighted by Crippen LogP contribution is -2.49. The zero-order valence-electron chi connectivity index (χ0n) is 17.6. The molecule has 10 heteroatoms. The number of benzene rings is 2. The normalized spacial score (nSPS) is 15.2. The van der Waals surface area contributed by atoms with Crippen LogP contribution in [0, 0.1) is 19.3 Å². The van der Waals surface area contributed by atoms with E-state index in [0.717, 1.165) is 5.56 Å². The molecule has 0 bridgehead atoms. The van der Waals surface area contributed by atoms with Crippen LogP contribution < -0.4 is 15.0 Å². The van der Waals surface area contributed by atoms with E-state index in [1.54, 1.807) is 32.2 Å². The van der Waals surface area contributed by atoms with Gasteiger partial charge in [-0.25, -0.2) is 19.2 Å². The quantitative estimate of drug-likeness (QED) is 0.592. The molecular formula is C23H17ClFN5O3. The third-order valence-corrected chi connectivity index (χ3v) is 5.38. The zero-order chi connectivity index (χ0) is 23.7. The number of anilines is 1. The van der Waals surface area contributed by atoms with E-state index in [1.165, 1.54) is 29.3 Å². The van der Waals surface area contributed by atoms with Crippen molar-refractivity contribution in [3.8, 4) is 17.0 Å². The molecule has 0 radical (unpaired) electrons. The van der Waals surface area contributed by atoms with E-state index in [1.807, 2.05) is 0 Å². The standard InChI is InChI=1S/C23H17ClFN5O3/c1-12-4-6-14(16(25)8-12)20-15(24)10-27-21(29-20)22(31)28-17-11-33-19-9-13(26-2)5-7-18(19)30(3)23(17)32/h4-10,17H,11H2,1,3H3,(H,28,31)/t17-/m0/s1. The van der Waals surface area contributed by atoms with Crippen LogP contribution in [0.5, 0.6) is 5.75 Å². The highest BCUT2D eigenvalue weighted by Gasteiger charge is 2.31. The van der Waals surface area contributed by atoms with Crippen molar-refractivity contribution in [3.05, 3.63) is 76.2 Å². The van der Waals surface area contributed by atoms with E-state index in [9.17, 15) is 14.0 Å². The third kappa shape index (κ3) is 4.33. The van der Waals surface area contributed by atoms with Gasteiger partial charge in [0.1, 0.15) is 24.2 Å². The predicted molar refractivity (Wildman–Crippen MR) is 120 cm³/mol. The Bertz CT molecular complexity index is 1320. The van der Waals surface area contributed by atoms with Crippen molar-refractivity contribution < 1.29 is 18.7 Å². The summed E-state index contributed by atoms with van der Waals surface area (Å²) < 4.78 is 20.1. The van der Waals surface area contributed by atoms with Crippen molar-refractivity contribution in [2.75, 3.05) is 18.6 Å². The van der Waals surface area contributed by atoms with Gasteiger partial charge in [-0.3, -0.25) is 9.59 Å². The number of nitrogens with one attached hydrogen (secondary N) is 1. The van der Waals surface area contributed by atoms with Crippen LogP contribution in [-0.2, 0) is 4.79 Å². The first kappa shape index (κ1) is 22.2. The summed E-state index contributed by atoms with van der Waals surface area (Å²) in [4.78, 5) is 38.5. The Kier molecular flexibility index (Phi) is 5.94. The van der Waals surface area contributed by atoms with Gasteiger partial charge in [0, 0.05) is 12.6 Å². The molecule has 0 saturated carbocycles.